The van der Waals surface area contributed by atoms with Gasteiger partial charge in [-0.25, -0.2) is 4.98 Å². The minimum absolute atomic E-state index is 0.193. The summed E-state index contributed by atoms with van der Waals surface area (Å²) in [5.41, 5.74) is 2.65. The number of H-pyrrole nitrogens is 1. The normalized spacial score (nSPS) is 10.4. The molecule has 0 aliphatic carbocycles. The number of aromatic amines is 1. The standard InChI is InChI=1S/C13H15ClN4O/c1-9-10(8-17-18-9)4-2-7-16-13(19)11-5-3-6-15-12(11)14/h3,5-6,8H,2,4,7H2,1H3,(H,16,19)(H,17,18). The van der Waals surface area contributed by atoms with Crippen molar-refractivity contribution in [3.8, 4) is 0 Å². The SMILES string of the molecule is Cc1[nH]ncc1CCCNC(=O)c1cccnc1Cl. The van der Waals surface area contributed by atoms with E-state index in [1.54, 1.807) is 18.3 Å². The lowest BCUT2D eigenvalue weighted by Gasteiger charge is -2.05. The number of amides is 1. The second kappa shape index (κ2) is 6.33. The van der Waals surface area contributed by atoms with Crippen LogP contribution in [0, 0.1) is 6.92 Å². The van der Waals surface area contributed by atoms with Gasteiger partial charge in [0.2, 0.25) is 0 Å². The number of aryl methyl sites for hydroxylation is 2. The van der Waals surface area contributed by atoms with Gasteiger partial charge in [-0.05, 0) is 37.5 Å². The Balaban J connectivity index is 1.79. The fourth-order valence-corrected chi connectivity index (χ4v) is 1.96. The van der Waals surface area contributed by atoms with Crippen LogP contribution in [0.4, 0.5) is 0 Å². The smallest absolute Gasteiger partial charge is 0.254 e. The monoisotopic (exact) mass is 278 g/mol. The lowest BCUT2D eigenvalue weighted by atomic mass is 10.1. The van der Waals surface area contributed by atoms with Crippen molar-refractivity contribution in [1.29, 1.82) is 0 Å². The van der Waals surface area contributed by atoms with Crippen LogP contribution in [0.3, 0.4) is 0 Å². The van der Waals surface area contributed by atoms with E-state index in [9.17, 15) is 4.79 Å². The number of pyridine rings is 1. The summed E-state index contributed by atoms with van der Waals surface area (Å²) in [6.45, 7) is 2.57. The van der Waals surface area contributed by atoms with E-state index in [4.69, 9.17) is 11.6 Å². The van der Waals surface area contributed by atoms with Gasteiger partial charge in [0.05, 0.1) is 11.8 Å². The summed E-state index contributed by atoms with van der Waals surface area (Å²) in [4.78, 5) is 15.7. The summed E-state index contributed by atoms with van der Waals surface area (Å²) in [5, 5.41) is 9.90. The lowest BCUT2D eigenvalue weighted by molar-refractivity contribution is 0.0953. The van der Waals surface area contributed by atoms with Crippen LogP contribution in [0.2, 0.25) is 5.15 Å². The van der Waals surface area contributed by atoms with Gasteiger partial charge < -0.3 is 5.32 Å². The van der Waals surface area contributed by atoms with Crippen molar-refractivity contribution in [3.05, 3.63) is 46.5 Å². The number of carbonyl (C=O) groups excluding carboxylic acids is 1. The van der Waals surface area contributed by atoms with E-state index in [0.717, 1.165) is 18.5 Å². The number of rotatable bonds is 5. The first-order chi connectivity index (χ1) is 9.18. The molecular formula is C13H15ClN4O. The Morgan fingerprint density at radius 3 is 3.05 bits per heavy atom. The molecule has 0 radical (unpaired) electrons. The number of hydrogen-bond acceptors (Lipinski definition) is 3. The molecule has 19 heavy (non-hydrogen) atoms. The third kappa shape index (κ3) is 3.54. The zero-order chi connectivity index (χ0) is 13.7. The van der Waals surface area contributed by atoms with E-state index >= 15 is 0 Å². The van der Waals surface area contributed by atoms with Gasteiger partial charge in [0.15, 0.2) is 0 Å². The molecule has 2 aromatic rings. The Morgan fingerprint density at radius 1 is 1.53 bits per heavy atom. The molecule has 100 valence electrons. The van der Waals surface area contributed by atoms with Crippen molar-refractivity contribution in [2.24, 2.45) is 0 Å². The molecule has 0 spiro atoms. The number of hydrogen-bond donors (Lipinski definition) is 2. The Morgan fingerprint density at radius 2 is 2.37 bits per heavy atom. The summed E-state index contributed by atoms with van der Waals surface area (Å²) in [6.07, 6.45) is 5.10. The molecule has 2 aromatic heterocycles. The van der Waals surface area contributed by atoms with Gasteiger partial charge in [-0.1, -0.05) is 11.6 Å². The fraction of sp³-hybridized carbons (Fsp3) is 0.308. The fourth-order valence-electron chi connectivity index (χ4n) is 1.76. The predicted molar refractivity (Wildman–Crippen MR) is 73.2 cm³/mol. The molecule has 5 nitrogen and oxygen atoms in total. The van der Waals surface area contributed by atoms with Gasteiger partial charge in [-0.3, -0.25) is 9.89 Å². The molecule has 0 saturated carbocycles. The minimum Gasteiger partial charge on any atom is -0.352 e. The zero-order valence-electron chi connectivity index (χ0n) is 10.6. The highest BCUT2D eigenvalue weighted by Gasteiger charge is 2.09. The predicted octanol–water partition coefficient (Wildman–Crippen LogP) is 2.13. The van der Waals surface area contributed by atoms with Crippen molar-refractivity contribution in [2.75, 3.05) is 6.54 Å². The van der Waals surface area contributed by atoms with Crippen LogP contribution in [0.5, 0.6) is 0 Å². The number of nitrogens with zero attached hydrogens (tertiary/aromatic N) is 2. The molecule has 0 unspecified atom stereocenters. The third-order valence-electron chi connectivity index (χ3n) is 2.85. The molecular weight excluding hydrogens is 264 g/mol. The Labute approximate surface area is 116 Å². The van der Waals surface area contributed by atoms with Gasteiger partial charge in [0, 0.05) is 18.4 Å². The second-order valence-corrected chi connectivity index (χ2v) is 4.58. The molecule has 2 N–H and O–H groups in total. The summed E-state index contributed by atoms with van der Waals surface area (Å²) in [7, 11) is 0. The molecule has 6 heteroatoms. The van der Waals surface area contributed by atoms with Crippen LogP contribution in [-0.2, 0) is 6.42 Å². The summed E-state index contributed by atoms with van der Waals surface area (Å²) in [5.74, 6) is -0.193. The number of halogens is 1. The number of carbonyl (C=O) groups is 1. The molecule has 1 amide bonds. The van der Waals surface area contributed by atoms with Crippen LogP contribution in [-0.4, -0.2) is 27.6 Å². The number of aromatic nitrogens is 3. The summed E-state index contributed by atoms with van der Waals surface area (Å²) in [6, 6.07) is 3.35. The Hall–Kier alpha value is -1.88. The van der Waals surface area contributed by atoms with Crippen molar-refractivity contribution < 1.29 is 4.79 Å². The maximum atomic E-state index is 11.8. The molecule has 0 saturated heterocycles. The molecule has 0 fully saturated rings. The van der Waals surface area contributed by atoms with Crippen molar-refractivity contribution in [3.63, 3.8) is 0 Å². The molecule has 2 rings (SSSR count). The Kier molecular flexibility index (Phi) is 4.52. The topological polar surface area (TPSA) is 70.7 Å². The summed E-state index contributed by atoms with van der Waals surface area (Å²) < 4.78 is 0. The quantitative estimate of drug-likeness (QED) is 0.650. The third-order valence-corrected chi connectivity index (χ3v) is 3.15. The first-order valence-corrected chi connectivity index (χ1v) is 6.44. The second-order valence-electron chi connectivity index (χ2n) is 4.22. The van der Waals surface area contributed by atoms with Crippen LogP contribution >= 0.6 is 11.6 Å². The summed E-state index contributed by atoms with van der Waals surface area (Å²) >= 11 is 5.85. The van der Waals surface area contributed by atoms with Crippen LogP contribution < -0.4 is 5.32 Å². The average molecular weight is 279 g/mol. The van der Waals surface area contributed by atoms with E-state index in [1.807, 2.05) is 13.1 Å². The first-order valence-electron chi connectivity index (χ1n) is 6.06. The average Bonchev–Trinajstić information content (AvgIpc) is 2.80. The molecule has 0 atom stereocenters. The largest absolute Gasteiger partial charge is 0.352 e. The number of nitrogens with one attached hydrogen (secondary N) is 2. The lowest BCUT2D eigenvalue weighted by Crippen LogP contribution is -2.25. The molecule has 0 bridgehead atoms. The highest BCUT2D eigenvalue weighted by Crippen LogP contribution is 2.11. The van der Waals surface area contributed by atoms with Gasteiger partial charge in [0.1, 0.15) is 5.15 Å². The van der Waals surface area contributed by atoms with Crippen LogP contribution in [0.1, 0.15) is 28.0 Å². The molecule has 0 aliphatic rings. The van der Waals surface area contributed by atoms with E-state index < -0.39 is 0 Å². The van der Waals surface area contributed by atoms with E-state index in [0.29, 0.717) is 12.1 Å². The van der Waals surface area contributed by atoms with Crippen molar-refractivity contribution in [2.45, 2.75) is 19.8 Å². The van der Waals surface area contributed by atoms with Gasteiger partial charge in [-0.15, -0.1) is 0 Å². The minimum atomic E-state index is -0.193. The highest BCUT2D eigenvalue weighted by molar-refractivity contribution is 6.32. The van der Waals surface area contributed by atoms with Gasteiger partial charge in [-0.2, -0.15) is 5.10 Å². The van der Waals surface area contributed by atoms with Gasteiger partial charge in [0.25, 0.3) is 5.91 Å². The maximum absolute atomic E-state index is 11.8. The van der Waals surface area contributed by atoms with Crippen LogP contribution in [0.15, 0.2) is 24.5 Å². The van der Waals surface area contributed by atoms with E-state index in [2.05, 4.69) is 20.5 Å². The highest BCUT2D eigenvalue weighted by atomic mass is 35.5. The molecule has 2 heterocycles. The van der Waals surface area contributed by atoms with Gasteiger partial charge >= 0.3 is 0 Å². The van der Waals surface area contributed by atoms with Crippen molar-refractivity contribution in [1.82, 2.24) is 20.5 Å². The first kappa shape index (κ1) is 13.5. The van der Waals surface area contributed by atoms with E-state index in [1.165, 1.54) is 5.56 Å². The van der Waals surface area contributed by atoms with E-state index in [-0.39, 0.29) is 11.1 Å². The van der Waals surface area contributed by atoms with Crippen LogP contribution in [0.25, 0.3) is 0 Å². The zero-order valence-corrected chi connectivity index (χ0v) is 11.4. The Bertz CT molecular complexity index is 567. The van der Waals surface area contributed by atoms with Crippen molar-refractivity contribution >= 4 is 17.5 Å². The molecule has 0 aliphatic heterocycles. The maximum Gasteiger partial charge on any atom is 0.254 e. The molecule has 0 aromatic carbocycles.